The highest BCUT2D eigenvalue weighted by Crippen LogP contribution is 2.25. The van der Waals surface area contributed by atoms with Gasteiger partial charge < -0.3 is 5.11 Å². The molecule has 116 heavy (non-hydrogen) atoms. The fourth-order valence-corrected chi connectivity index (χ4v) is 14.6. The minimum Gasteiger partial charge on any atom is -0.396 e. The van der Waals surface area contributed by atoms with Crippen LogP contribution in [0.15, 0.2) is 256 Å². The number of hydrogen-bond donors (Lipinski definition) is 1. The van der Waals surface area contributed by atoms with E-state index in [2.05, 4.69) is 300 Å². The number of allylic oxidation sites excluding steroid dienone is 44. The van der Waals surface area contributed by atoms with Crippen LogP contribution in [0.2, 0.25) is 0 Å². The molecule has 0 aromatic carbocycles. The molecule has 0 bridgehead atoms. The van der Waals surface area contributed by atoms with Crippen molar-refractivity contribution in [2.24, 2.45) is 5.92 Å². The highest BCUT2D eigenvalue weighted by Gasteiger charge is 2.05. The molecule has 0 aliphatic rings. The van der Waals surface area contributed by atoms with E-state index in [0.29, 0.717) is 12.5 Å². The van der Waals surface area contributed by atoms with E-state index >= 15 is 0 Å². The Labute approximate surface area is 724 Å². The summed E-state index contributed by atoms with van der Waals surface area (Å²) in [6.45, 7) is 55.5. The molecular weight excluding hydrogens is 1400 g/mol. The van der Waals surface area contributed by atoms with Gasteiger partial charge in [-0.25, -0.2) is 0 Å². The van der Waals surface area contributed by atoms with E-state index < -0.39 is 0 Å². The zero-order valence-corrected chi connectivity index (χ0v) is 81.3. The zero-order chi connectivity index (χ0) is 86.4. The van der Waals surface area contributed by atoms with Gasteiger partial charge in [-0.05, 0) is 454 Å². The summed E-state index contributed by atoms with van der Waals surface area (Å²) >= 11 is 0. The highest BCUT2D eigenvalue weighted by atomic mass is 16.3. The van der Waals surface area contributed by atoms with Crippen LogP contribution < -0.4 is 0 Å². The molecule has 1 nitrogen and oxygen atoms in total. The summed E-state index contributed by atoms with van der Waals surface area (Å²) in [4.78, 5) is 0. The number of aliphatic hydroxyl groups is 1. The fraction of sp³-hybridized carbons (Fsp3) is 0.617. The van der Waals surface area contributed by atoms with Gasteiger partial charge in [-0.2, -0.15) is 0 Å². The van der Waals surface area contributed by atoms with E-state index in [9.17, 15) is 0 Å². The number of aliphatic hydroxyl groups excluding tert-OH is 1. The van der Waals surface area contributed by atoms with Crippen LogP contribution in [-0.2, 0) is 0 Å². The van der Waals surface area contributed by atoms with Crippen LogP contribution in [-0.4, -0.2) is 11.7 Å². The van der Waals surface area contributed by atoms with Gasteiger partial charge in [0.25, 0.3) is 0 Å². The maximum atomic E-state index is 9.12. The fourth-order valence-electron chi connectivity index (χ4n) is 14.6. The molecule has 0 fully saturated rings. The molecule has 0 rings (SSSR count). The smallest absolute Gasteiger partial charge is 0.0433 e. The van der Waals surface area contributed by atoms with Gasteiger partial charge in [-0.3, -0.25) is 0 Å². The summed E-state index contributed by atoms with van der Waals surface area (Å²) < 4.78 is 0. The highest BCUT2D eigenvalue weighted by molar-refractivity contribution is 5.17. The lowest BCUT2D eigenvalue weighted by molar-refractivity contribution is 0.259. The van der Waals surface area contributed by atoms with E-state index in [0.717, 1.165) is 154 Å². The Hall–Kier alpha value is -5.76. The summed E-state index contributed by atoms with van der Waals surface area (Å²) in [5.41, 5.74) is 33.5. The minimum absolute atomic E-state index is 0.308. The van der Waals surface area contributed by atoms with Crippen molar-refractivity contribution in [2.45, 2.75) is 455 Å². The van der Waals surface area contributed by atoms with Crippen LogP contribution in [0.4, 0.5) is 0 Å². The molecule has 0 saturated carbocycles. The molecule has 0 radical (unpaired) electrons. The average molecular weight is 1590 g/mol. The largest absolute Gasteiger partial charge is 0.396 e. The Morgan fingerprint density at radius 2 is 0.241 bits per heavy atom. The van der Waals surface area contributed by atoms with Crippen molar-refractivity contribution in [3.63, 3.8) is 0 Å². The molecule has 0 spiro atoms. The summed E-state index contributed by atoms with van der Waals surface area (Å²) in [5.74, 6) is 0.610. The maximum absolute atomic E-state index is 9.12. The standard InChI is InChI=1S/C115H188O/c1-93(2)47-25-48-94(3)49-26-50-95(4)51-27-52-96(5)53-28-54-97(6)55-29-56-98(7)57-30-58-99(8)59-31-60-100(9)61-32-62-101(10)63-33-64-102(11)65-34-66-103(12)67-35-68-104(13)69-36-70-105(14)71-37-72-106(15)73-38-74-107(16)75-39-76-108(17)77-40-78-109(18)79-41-80-110(19)81-42-82-111(20)83-43-84-112(21)85-44-86-113(22)87-45-88-114(23)89-46-90-115(24)91-92-116/h47,49,51,53,55,57,59,61,63,65,67,69,71,73,75,77,79,81,83,85,87,89,115-116H,25-46,48,50,52,54,56,58,60,62,64,66,68,70,72,74,76,78,80,82,84,86,88,90-92H2,1-24H3/b94-49+,95-51+,96-53+,97-55+,98-57+,99-59+,100-61+,101-63+,102-65+,103-67+,104-69+,105-71+,106-73+,107-75+,108-77+,109-79+,110-81+,111-83+,112-85+,113-87+,114-89+. The first-order chi connectivity index (χ1) is 55.4. The van der Waals surface area contributed by atoms with E-state index in [-0.39, 0.29) is 0 Å². The third-order valence-corrected chi connectivity index (χ3v) is 23.5. The van der Waals surface area contributed by atoms with Crippen molar-refractivity contribution in [2.75, 3.05) is 6.61 Å². The Kier molecular flexibility index (Phi) is 70.6. The van der Waals surface area contributed by atoms with Crippen molar-refractivity contribution in [1.82, 2.24) is 0 Å². The van der Waals surface area contributed by atoms with Crippen molar-refractivity contribution < 1.29 is 5.11 Å². The van der Waals surface area contributed by atoms with E-state index in [1.54, 1.807) is 0 Å². The van der Waals surface area contributed by atoms with E-state index in [1.807, 2.05) is 0 Å². The van der Waals surface area contributed by atoms with Crippen LogP contribution >= 0.6 is 0 Å². The van der Waals surface area contributed by atoms with Crippen LogP contribution in [0.1, 0.15) is 455 Å². The van der Waals surface area contributed by atoms with Gasteiger partial charge in [-0.15, -0.1) is 0 Å². The second-order valence-electron chi connectivity index (χ2n) is 36.8. The predicted octanol–water partition coefficient (Wildman–Crippen LogP) is 39.0. The normalized spacial score (nSPS) is 15.5. The first kappa shape index (κ1) is 110. The molecule has 0 aromatic heterocycles. The molecule has 0 saturated heterocycles. The second-order valence-corrected chi connectivity index (χ2v) is 36.8. The lowest BCUT2D eigenvalue weighted by Gasteiger charge is -2.07. The lowest BCUT2D eigenvalue weighted by atomic mass is 10.0. The molecule has 654 valence electrons. The van der Waals surface area contributed by atoms with Gasteiger partial charge in [0, 0.05) is 6.61 Å². The molecule has 1 heteroatoms. The van der Waals surface area contributed by atoms with Gasteiger partial charge in [-0.1, -0.05) is 263 Å². The Balaban J connectivity index is 4.37. The first-order valence-electron chi connectivity index (χ1n) is 47.5. The van der Waals surface area contributed by atoms with Crippen LogP contribution in [0.5, 0.6) is 0 Å². The van der Waals surface area contributed by atoms with Gasteiger partial charge in [0.15, 0.2) is 0 Å². The molecule has 0 aliphatic carbocycles. The quantitative estimate of drug-likeness (QED) is 0.0602. The maximum Gasteiger partial charge on any atom is 0.0433 e. The van der Waals surface area contributed by atoms with E-state index in [4.69, 9.17) is 5.11 Å². The SMILES string of the molecule is CC(C)=CCC/C(C)=C/CC/C(C)=C/CC/C(C)=C/CC/C(C)=C/CC/C(C)=C/CC/C(C)=C/CC/C(C)=C/CC/C(C)=C/CC/C(C)=C/CC/C(C)=C/CC/C(C)=C/CC/C(C)=C/CC/C(C)=C/CC/C(C)=C/CC/C(C)=C/CC/C(C)=C/CC/C(C)=C/CC/C(C)=C/CC/C(C)=C/CC/C(C)=C/CC/C(C)=C/CCC(C)CCO. The molecule has 0 aromatic rings. The van der Waals surface area contributed by atoms with Crippen molar-refractivity contribution in [1.29, 1.82) is 0 Å². The van der Waals surface area contributed by atoms with Gasteiger partial charge in [0.05, 0.1) is 0 Å². The van der Waals surface area contributed by atoms with Crippen molar-refractivity contribution >= 4 is 0 Å². The third-order valence-electron chi connectivity index (χ3n) is 23.5. The lowest BCUT2D eigenvalue weighted by Crippen LogP contribution is -1.97. The Morgan fingerprint density at radius 1 is 0.147 bits per heavy atom. The van der Waals surface area contributed by atoms with Crippen molar-refractivity contribution in [3.05, 3.63) is 256 Å². The van der Waals surface area contributed by atoms with Crippen LogP contribution in [0, 0.1) is 5.92 Å². The molecule has 1 unspecified atom stereocenters. The Morgan fingerprint density at radius 3 is 0.336 bits per heavy atom. The van der Waals surface area contributed by atoms with Crippen LogP contribution in [0.3, 0.4) is 0 Å². The van der Waals surface area contributed by atoms with Gasteiger partial charge in [0.2, 0.25) is 0 Å². The van der Waals surface area contributed by atoms with Crippen molar-refractivity contribution in [3.8, 4) is 0 Å². The summed E-state index contributed by atoms with van der Waals surface area (Å²) in [7, 11) is 0. The first-order valence-corrected chi connectivity index (χ1v) is 47.5. The molecule has 0 amide bonds. The predicted molar refractivity (Wildman–Crippen MR) is 532 cm³/mol. The minimum atomic E-state index is 0.308. The molecule has 1 N–H and O–H groups in total. The Bertz CT molecular complexity index is 3360. The van der Waals surface area contributed by atoms with Crippen LogP contribution in [0.25, 0.3) is 0 Å². The topological polar surface area (TPSA) is 20.2 Å². The third kappa shape index (κ3) is 74.5. The molecular formula is C115H188O. The van der Waals surface area contributed by atoms with Gasteiger partial charge >= 0.3 is 0 Å². The molecule has 1 atom stereocenters. The van der Waals surface area contributed by atoms with Gasteiger partial charge in [0.1, 0.15) is 0 Å². The monoisotopic (exact) mass is 1590 g/mol. The number of rotatable bonds is 68. The summed E-state index contributed by atoms with van der Waals surface area (Å²) in [5, 5.41) is 9.12. The summed E-state index contributed by atoms with van der Waals surface area (Å²) in [6.07, 6.45) is 106. The summed E-state index contributed by atoms with van der Waals surface area (Å²) in [6, 6.07) is 0. The second kappa shape index (κ2) is 74.3. The number of hydrogen-bond acceptors (Lipinski definition) is 1. The average Bonchev–Trinajstić information content (AvgIpc) is 1.00. The molecule has 0 aliphatic heterocycles. The zero-order valence-electron chi connectivity index (χ0n) is 81.3. The molecule has 0 heterocycles. The van der Waals surface area contributed by atoms with E-state index in [1.165, 1.54) is 257 Å².